The highest BCUT2D eigenvalue weighted by molar-refractivity contribution is 9.09. The Bertz CT molecular complexity index is 730. The van der Waals surface area contributed by atoms with E-state index in [9.17, 15) is 21.2 Å². The molecule has 0 radical (unpaired) electrons. The fourth-order valence-corrected chi connectivity index (χ4v) is 3.60. The van der Waals surface area contributed by atoms with Crippen LogP contribution in [0.25, 0.3) is 0 Å². The third kappa shape index (κ3) is 5.01. The summed E-state index contributed by atoms with van der Waals surface area (Å²) in [7, 11) is -7.74. The van der Waals surface area contributed by atoms with Crippen molar-refractivity contribution >= 4 is 35.8 Å². The summed E-state index contributed by atoms with van der Waals surface area (Å²) in [5.74, 6) is -0.994. The van der Waals surface area contributed by atoms with Gasteiger partial charge < -0.3 is 0 Å². The van der Waals surface area contributed by atoms with E-state index in [0.29, 0.717) is 5.33 Å². The molecule has 1 rings (SSSR count). The molecule has 0 spiro atoms. The predicted octanol–water partition coefficient (Wildman–Crippen LogP) is 1.93. The average molecular weight is 402 g/mol. The highest BCUT2D eigenvalue weighted by Gasteiger charge is 2.25. The number of hydrogen-bond acceptors (Lipinski definition) is 4. The van der Waals surface area contributed by atoms with Gasteiger partial charge in [0.05, 0.1) is 4.90 Å². The van der Waals surface area contributed by atoms with E-state index in [2.05, 4.69) is 20.7 Å². The first-order valence-electron chi connectivity index (χ1n) is 5.94. The van der Waals surface area contributed by atoms with Gasteiger partial charge in [0.15, 0.2) is 9.84 Å². The maximum atomic E-state index is 13.7. The van der Waals surface area contributed by atoms with E-state index in [0.717, 1.165) is 24.5 Å². The van der Waals surface area contributed by atoms with Crippen molar-refractivity contribution in [3.05, 3.63) is 24.0 Å². The monoisotopic (exact) mass is 401 g/mol. The van der Waals surface area contributed by atoms with Gasteiger partial charge in [-0.15, -0.1) is 0 Å². The van der Waals surface area contributed by atoms with Crippen molar-refractivity contribution < 1.29 is 21.2 Å². The Hall–Kier alpha value is -0.510. The molecule has 5 nitrogen and oxygen atoms in total. The lowest BCUT2D eigenvalue weighted by molar-refractivity contribution is 0.419. The van der Waals surface area contributed by atoms with Gasteiger partial charge in [-0.25, -0.2) is 25.9 Å². The predicted molar refractivity (Wildman–Crippen MR) is 82.3 cm³/mol. The highest BCUT2D eigenvalue weighted by atomic mass is 79.9. The first-order chi connectivity index (χ1) is 9.39. The largest absolute Gasteiger partial charge is 0.243 e. The maximum Gasteiger partial charge on any atom is 0.243 e. The highest BCUT2D eigenvalue weighted by Crippen LogP contribution is 2.21. The van der Waals surface area contributed by atoms with Crippen LogP contribution < -0.4 is 4.72 Å². The second-order valence-corrected chi connectivity index (χ2v) is 9.80. The van der Waals surface area contributed by atoms with E-state index in [4.69, 9.17) is 0 Å². The Labute approximate surface area is 133 Å². The zero-order valence-electron chi connectivity index (χ0n) is 11.9. The molecule has 0 aliphatic rings. The molecule has 0 atom stereocenters. The molecule has 120 valence electrons. The normalized spacial score (nSPS) is 13.4. The molecule has 0 unspecified atom stereocenters. The molecule has 0 fully saturated rings. The molecule has 0 aliphatic heterocycles. The quantitative estimate of drug-likeness (QED) is 0.583. The number of benzene rings is 1. The van der Waals surface area contributed by atoms with Crippen LogP contribution in [0.15, 0.2) is 28.0 Å². The van der Waals surface area contributed by atoms with Crippen molar-refractivity contribution in [1.29, 1.82) is 0 Å². The molecular weight excluding hydrogens is 385 g/mol. The Morgan fingerprint density at radius 2 is 1.81 bits per heavy atom. The number of nitrogens with one attached hydrogen (secondary N) is 1. The minimum Gasteiger partial charge on any atom is -0.224 e. The fourth-order valence-electron chi connectivity index (χ4n) is 1.34. The summed E-state index contributed by atoms with van der Waals surface area (Å²) >= 11 is 3.26. The lowest BCUT2D eigenvalue weighted by Crippen LogP contribution is -2.35. The summed E-state index contributed by atoms with van der Waals surface area (Å²) in [5, 5.41) is 0.550. The van der Waals surface area contributed by atoms with Crippen LogP contribution in [0.2, 0.25) is 0 Å². The van der Waals surface area contributed by atoms with Crippen molar-refractivity contribution in [3.8, 4) is 0 Å². The van der Waals surface area contributed by atoms with Crippen LogP contribution in [0.4, 0.5) is 4.39 Å². The molecule has 0 aliphatic carbocycles. The lowest BCUT2D eigenvalue weighted by Gasteiger charge is -2.22. The summed E-state index contributed by atoms with van der Waals surface area (Å²) in [6.45, 7) is 3.74. The van der Waals surface area contributed by atoms with Crippen LogP contribution in [0.1, 0.15) is 13.8 Å². The molecule has 1 aromatic rings. The number of rotatable bonds is 6. The zero-order chi connectivity index (χ0) is 16.5. The van der Waals surface area contributed by atoms with Gasteiger partial charge in [0.2, 0.25) is 10.0 Å². The van der Waals surface area contributed by atoms with Crippen molar-refractivity contribution in [3.63, 3.8) is 0 Å². The van der Waals surface area contributed by atoms with Crippen molar-refractivity contribution in [2.24, 2.45) is 5.41 Å². The van der Waals surface area contributed by atoms with E-state index >= 15 is 0 Å². The number of sulfonamides is 1. The SMILES string of the molecule is CC(C)(CBr)CNS(=O)(=O)c1cc(S(C)(=O)=O)ccc1F. The van der Waals surface area contributed by atoms with E-state index in [-0.39, 0.29) is 16.9 Å². The van der Waals surface area contributed by atoms with Crippen LogP contribution in [0, 0.1) is 11.2 Å². The second-order valence-electron chi connectivity index (χ2n) is 5.49. The Balaban J connectivity index is 3.20. The third-order valence-corrected chi connectivity index (χ3v) is 6.77. The number of alkyl halides is 1. The molecule has 0 amide bonds. The van der Waals surface area contributed by atoms with E-state index < -0.39 is 30.6 Å². The second kappa shape index (κ2) is 6.31. The van der Waals surface area contributed by atoms with Gasteiger partial charge in [0, 0.05) is 18.1 Å². The molecule has 9 heteroatoms. The molecule has 0 saturated carbocycles. The van der Waals surface area contributed by atoms with Crippen LogP contribution in [0.3, 0.4) is 0 Å². The smallest absolute Gasteiger partial charge is 0.224 e. The van der Waals surface area contributed by atoms with Crippen molar-refractivity contribution in [2.75, 3.05) is 18.1 Å². The summed E-state index contributed by atoms with van der Waals surface area (Å²) < 4.78 is 63.2. The number of hydrogen-bond donors (Lipinski definition) is 1. The zero-order valence-corrected chi connectivity index (χ0v) is 15.1. The summed E-state index contributed by atoms with van der Waals surface area (Å²) in [6, 6.07) is 2.70. The van der Waals surface area contributed by atoms with Gasteiger partial charge in [-0.3, -0.25) is 0 Å². The lowest BCUT2D eigenvalue weighted by atomic mass is 9.98. The van der Waals surface area contributed by atoms with Gasteiger partial charge >= 0.3 is 0 Å². The minimum atomic E-state index is -4.13. The van der Waals surface area contributed by atoms with E-state index in [1.165, 1.54) is 0 Å². The summed E-state index contributed by atoms with van der Waals surface area (Å²) in [6.07, 6.45) is 0.929. The van der Waals surface area contributed by atoms with E-state index in [1.807, 2.05) is 13.8 Å². The topological polar surface area (TPSA) is 80.3 Å². The number of halogens is 2. The third-order valence-electron chi connectivity index (χ3n) is 2.72. The molecule has 0 heterocycles. The van der Waals surface area contributed by atoms with Crippen LogP contribution >= 0.6 is 15.9 Å². The molecular formula is C12H17BrFNO4S2. The Kier molecular flexibility index (Phi) is 5.57. The van der Waals surface area contributed by atoms with Gasteiger partial charge in [-0.05, 0) is 23.6 Å². The standard InChI is InChI=1S/C12H17BrFNO4S2/c1-12(2,7-13)8-15-21(18,19)11-6-9(20(3,16)17)4-5-10(11)14/h4-6,15H,7-8H2,1-3H3. The van der Waals surface area contributed by atoms with Crippen molar-refractivity contribution in [2.45, 2.75) is 23.6 Å². The number of sulfone groups is 1. The Morgan fingerprint density at radius 3 is 2.29 bits per heavy atom. The van der Waals surface area contributed by atoms with Crippen LogP contribution in [-0.2, 0) is 19.9 Å². The van der Waals surface area contributed by atoms with Gasteiger partial charge in [0.25, 0.3) is 0 Å². The molecule has 21 heavy (non-hydrogen) atoms. The molecule has 1 N–H and O–H groups in total. The first kappa shape index (κ1) is 18.5. The van der Waals surface area contributed by atoms with E-state index in [1.54, 1.807) is 0 Å². The van der Waals surface area contributed by atoms with Gasteiger partial charge in [-0.1, -0.05) is 29.8 Å². The molecule has 0 bridgehead atoms. The summed E-state index contributed by atoms with van der Waals surface area (Å²) in [5.41, 5.74) is -0.363. The van der Waals surface area contributed by atoms with Crippen LogP contribution in [0.5, 0.6) is 0 Å². The minimum absolute atomic E-state index is 0.0864. The molecule has 1 aromatic carbocycles. The van der Waals surface area contributed by atoms with Gasteiger partial charge in [0.1, 0.15) is 10.7 Å². The molecule has 0 aromatic heterocycles. The summed E-state index contributed by atoms with van der Waals surface area (Å²) in [4.78, 5) is -0.917. The van der Waals surface area contributed by atoms with Crippen molar-refractivity contribution in [1.82, 2.24) is 4.72 Å². The molecule has 0 saturated heterocycles. The van der Waals surface area contributed by atoms with Gasteiger partial charge in [-0.2, -0.15) is 0 Å². The average Bonchev–Trinajstić information content (AvgIpc) is 2.35. The van der Waals surface area contributed by atoms with Crippen LogP contribution in [-0.4, -0.2) is 35.0 Å². The first-order valence-corrected chi connectivity index (χ1v) is 10.4. The maximum absolute atomic E-state index is 13.7. The fraction of sp³-hybridized carbons (Fsp3) is 0.500. The Morgan fingerprint density at radius 1 is 1.24 bits per heavy atom.